The van der Waals surface area contributed by atoms with E-state index in [1.807, 2.05) is 0 Å². The predicted molar refractivity (Wildman–Crippen MR) is 53.4 cm³/mol. The van der Waals surface area contributed by atoms with Crippen LogP contribution in [0.4, 0.5) is 13.2 Å². The van der Waals surface area contributed by atoms with Gasteiger partial charge >= 0.3 is 5.51 Å². The summed E-state index contributed by atoms with van der Waals surface area (Å²) in [5.41, 5.74) is -3.17. The van der Waals surface area contributed by atoms with E-state index in [-0.39, 0.29) is 5.03 Å². The molecule has 0 radical (unpaired) electrons. The highest BCUT2D eigenvalue weighted by Crippen LogP contribution is 2.44. The molecule has 1 nitrogen and oxygen atoms in total. The Balaban J connectivity index is 2.54. The molecule has 0 fully saturated rings. The number of fused-ring (bicyclic) bond motifs is 1. The molecule has 2 heterocycles. The molecule has 14 heavy (non-hydrogen) atoms. The van der Waals surface area contributed by atoms with E-state index < -0.39 is 16.0 Å². The van der Waals surface area contributed by atoms with Crippen LogP contribution in [0.5, 0.6) is 0 Å². The maximum absolute atomic E-state index is 12.4. The highest BCUT2D eigenvalue weighted by Gasteiger charge is 2.33. The zero-order chi connectivity index (χ0) is 10.3. The van der Waals surface area contributed by atoms with Gasteiger partial charge in [-0.15, -0.1) is 0 Å². The van der Waals surface area contributed by atoms with Crippen molar-refractivity contribution in [2.45, 2.75) is 5.51 Å². The van der Waals surface area contributed by atoms with Gasteiger partial charge in [0, 0.05) is 11.8 Å². The van der Waals surface area contributed by atoms with Crippen molar-refractivity contribution in [2.24, 2.45) is 0 Å². The molecule has 0 spiro atoms. The normalized spacial score (nSPS) is 21.1. The molecule has 76 valence electrons. The van der Waals surface area contributed by atoms with Crippen LogP contribution in [0.3, 0.4) is 0 Å². The molecule has 0 amide bonds. The number of rotatable bonds is 0. The first-order valence-corrected chi connectivity index (χ1v) is 5.40. The maximum atomic E-state index is 12.4. The van der Waals surface area contributed by atoms with Crippen molar-refractivity contribution >= 4 is 32.5 Å². The second kappa shape index (κ2) is 3.17. The quantitative estimate of drug-likeness (QED) is 0.667. The number of halogens is 4. The van der Waals surface area contributed by atoms with Crippen LogP contribution in [0.2, 0.25) is 0 Å². The van der Waals surface area contributed by atoms with Crippen LogP contribution in [0, 0.1) is 0 Å². The lowest BCUT2D eigenvalue weighted by molar-refractivity contribution is -0.0326. The van der Waals surface area contributed by atoms with Crippen LogP contribution in [0.1, 0.15) is 11.3 Å². The zero-order valence-corrected chi connectivity index (χ0v) is 8.30. The highest BCUT2D eigenvalue weighted by molar-refractivity contribution is 8.18. The average Bonchev–Trinajstić information content (AvgIpc) is 2.50. The van der Waals surface area contributed by atoms with Crippen molar-refractivity contribution in [1.29, 1.82) is 0 Å². The van der Waals surface area contributed by atoms with Crippen molar-refractivity contribution < 1.29 is 13.2 Å². The van der Waals surface area contributed by atoms with Gasteiger partial charge < -0.3 is 4.98 Å². The van der Waals surface area contributed by atoms with Crippen molar-refractivity contribution in [3.05, 3.63) is 28.9 Å². The largest absolute Gasteiger partial charge is 0.440 e. The molecule has 0 bridgehead atoms. The molecule has 0 aliphatic carbocycles. The molecule has 1 aliphatic heterocycles. The Labute approximate surface area is 85.5 Å². The molecule has 2 rings (SSSR count). The van der Waals surface area contributed by atoms with Crippen LogP contribution in [0.15, 0.2) is 17.7 Å². The molecule has 6 heteroatoms. The summed E-state index contributed by atoms with van der Waals surface area (Å²) >= 11 is 5.71. The second-order valence-electron chi connectivity index (χ2n) is 2.71. The number of H-pyrrole nitrogens is 1. The minimum Gasteiger partial charge on any atom is -0.360 e. The van der Waals surface area contributed by atoms with Gasteiger partial charge in [-0.1, -0.05) is 22.1 Å². The number of aromatic amines is 1. The first-order chi connectivity index (χ1) is 6.48. The number of hydrogen-bond donors (Lipinski definition) is 1. The summed E-state index contributed by atoms with van der Waals surface area (Å²) < 4.78 is 37.1. The molecule has 1 atom stereocenters. The molecule has 1 aromatic rings. The van der Waals surface area contributed by atoms with Gasteiger partial charge in [-0.2, -0.15) is 13.2 Å². The molecule has 0 saturated heterocycles. The fourth-order valence-corrected chi connectivity index (χ4v) is 2.76. The molecule has 1 N–H and O–H groups in total. The number of nitrogens with one attached hydrogen (secondary N) is 1. The van der Waals surface area contributed by atoms with Gasteiger partial charge in [0.25, 0.3) is 0 Å². The van der Waals surface area contributed by atoms with Gasteiger partial charge in [-0.25, -0.2) is 0 Å². The van der Waals surface area contributed by atoms with Crippen LogP contribution in [-0.2, 0) is 0 Å². The van der Waals surface area contributed by atoms with Gasteiger partial charge in [0.2, 0.25) is 0 Å². The van der Waals surface area contributed by atoms with Crippen LogP contribution < -0.4 is 0 Å². The zero-order valence-electron chi connectivity index (χ0n) is 6.73. The van der Waals surface area contributed by atoms with Crippen LogP contribution >= 0.6 is 22.1 Å². The van der Waals surface area contributed by atoms with E-state index >= 15 is 0 Å². The average molecular weight is 240 g/mol. The van der Waals surface area contributed by atoms with E-state index in [9.17, 15) is 13.2 Å². The number of hydrogen-bond acceptors (Lipinski definition) is 0. The Bertz CT molecular complexity index is 430. The summed E-state index contributed by atoms with van der Waals surface area (Å²) in [7, 11) is -1.87. The van der Waals surface area contributed by atoms with Gasteiger partial charge in [0.1, 0.15) is 0 Å². The molecule has 1 unspecified atom stereocenters. The van der Waals surface area contributed by atoms with E-state index in [2.05, 4.69) is 4.98 Å². The van der Waals surface area contributed by atoms with Crippen molar-refractivity contribution in [3.8, 4) is 0 Å². The second-order valence-corrected chi connectivity index (χ2v) is 4.79. The lowest BCUT2D eigenvalue weighted by Crippen LogP contribution is -2.06. The highest BCUT2D eigenvalue weighted by atomic mass is 35.5. The Morgan fingerprint density at radius 3 is 2.71 bits per heavy atom. The van der Waals surface area contributed by atoms with Crippen molar-refractivity contribution in [1.82, 2.24) is 4.98 Å². The van der Waals surface area contributed by atoms with Gasteiger partial charge in [0.05, 0.1) is 10.7 Å². The number of alkyl halides is 3. The minimum absolute atomic E-state index is 0.133. The molecule has 0 saturated carbocycles. The van der Waals surface area contributed by atoms with Crippen LogP contribution in [-0.4, -0.2) is 15.9 Å². The van der Waals surface area contributed by atoms with Crippen molar-refractivity contribution in [2.75, 3.05) is 0 Å². The standard InChI is InChI=1S/C8H5ClF3NS/c9-6-4-14(8(10,11)12)3-5-1-2-13-7(5)6/h1-4,13H. The Morgan fingerprint density at radius 2 is 2.07 bits per heavy atom. The minimum atomic E-state index is -4.24. The molecule has 1 aliphatic rings. The SMILES string of the molecule is FC(F)(F)S1=Cc2cc[nH]c2C(Cl)=C1. The van der Waals surface area contributed by atoms with E-state index in [0.717, 1.165) is 5.41 Å². The molecular formula is C8H5ClF3NS. The third-order valence-corrected chi connectivity index (χ3v) is 3.73. The third kappa shape index (κ3) is 1.62. The summed E-state index contributed by atoms with van der Waals surface area (Å²) in [4.78, 5) is 2.78. The lowest BCUT2D eigenvalue weighted by atomic mass is 10.3. The number of aromatic nitrogens is 1. The Kier molecular flexibility index (Phi) is 2.23. The summed E-state index contributed by atoms with van der Waals surface area (Å²) in [5, 5.41) is 2.34. The summed E-state index contributed by atoms with van der Waals surface area (Å²) in [6.45, 7) is 0. The molecule has 0 aromatic carbocycles. The monoisotopic (exact) mass is 239 g/mol. The first kappa shape index (κ1) is 9.86. The van der Waals surface area contributed by atoms with E-state index in [1.54, 1.807) is 12.3 Å². The fraction of sp³-hybridized carbons (Fsp3) is 0.125. The van der Waals surface area contributed by atoms with Crippen molar-refractivity contribution in [3.63, 3.8) is 0 Å². The van der Waals surface area contributed by atoms with Gasteiger partial charge in [-0.3, -0.25) is 0 Å². The van der Waals surface area contributed by atoms with E-state index in [1.165, 1.54) is 5.37 Å². The molecular weight excluding hydrogens is 235 g/mol. The summed E-state index contributed by atoms with van der Waals surface area (Å²) in [6, 6.07) is 1.58. The topological polar surface area (TPSA) is 15.8 Å². The Hall–Kier alpha value is -0.680. The lowest BCUT2D eigenvalue weighted by Gasteiger charge is -2.14. The van der Waals surface area contributed by atoms with E-state index in [4.69, 9.17) is 11.6 Å². The van der Waals surface area contributed by atoms with Gasteiger partial charge in [0.15, 0.2) is 0 Å². The van der Waals surface area contributed by atoms with E-state index in [0.29, 0.717) is 11.3 Å². The Morgan fingerprint density at radius 1 is 1.36 bits per heavy atom. The smallest absolute Gasteiger partial charge is 0.360 e. The first-order valence-electron chi connectivity index (χ1n) is 3.67. The maximum Gasteiger partial charge on any atom is 0.440 e. The predicted octanol–water partition coefficient (Wildman–Crippen LogP) is 3.50. The van der Waals surface area contributed by atoms with Crippen LogP contribution in [0.25, 0.3) is 5.03 Å². The summed E-state index contributed by atoms with van der Waals surface area (Å²) in [5.74, 6) is 0. The molecule has 1 aromatic heterocycles. The third-order valence-electron chi connectivity index (χ3n) is 1.77. The fourth-order valence-electron chi connectivity index (χ4n) is 1.16. The summed E-state index contributed by atoms with van der Waals surface area (Å²) in [6.07, 6.45) is 1.57. The van der Waals surface area contributed by atoms with Gasteiger partial charge in [-0.05, 0) is 16.8 Å².